The van der Waals surface area contributed by atoms with E-state index in [0.29, 0.717) is 6.54 Å². The molecule has 2 aromatic rings. The number of H-pyrrole nitrogens is 1. The minimum atomic E-state index is 0.511. The van der Waals surface area contributed by atoms with Gasteiger partial charge in [0.15, 0.2) is 0 Å². The average molecular weight is 177 g/mol. The molecule has 0 aliphatic carbocycles. The van der Waals surface area contributed by atoms with E-state index in [0.717, 1.165) is 22.2 Å². The first kappa shape index (κ1) is 8.07. The summed E-state index contributed by atoms with van der Waals surface area (Å²) in [5.41, 5.74) is 7.51. The molecule has 1 heterocycles. The number of aromatic amines is 1. The van der Waals surface area contributed by atoms with Crippen molar-refractivity contribution in [1.29, 1.82) is 0 Å². The third-order valence-electron chi connectivity index (χ3n) is 2.03. The van der Waals surface area contributed by atoms with Crippen LogP contribution in [0.15, 0.2) is 18.3 Å². The summed E-state index contributed by atoms with van der Waals surface area (Å²) in [5.74, 6) is 0.787. The molecule has 0 bridgehead atoms. The van der Waals surface area contributed by atoms with Crippen LogP contribution in [-0.4, -0.2) is 17.3 Å². The number of benzene rings is 1. The van der Waals surface area contributed by atoms with E-state index >= 15 is 0 Å². The van der Waals surface area contributed by atoms with Gasteiger partial charge >= 0.3 is 0 Å². The molecule has 0 saturated carbocycles. The summed E-state index contributed by atoms with van der Waals surface area (Å²) in [6, 6.07) is 3.92. The van der Waals surface area contributed by atoms with Crippen molar-refractivity contribution in [3.05, 3.63) is 23.9 Å². The molecule has 0 atom stereocenters. The SMILES string of the molecule is COc1cc(CN)cc2cn[nH]c12. The molecule has 2 rings (SSSR count). The lowest BCUT2D eigenvalue weighted by Crippen LogP contribution is -1.96. The van der Waals surface area contributed by atoms with E-state index in [2.05, 4.69) is 10.2 Å². The second-order valence-corrected chi connectivity index (χ2v) is 2.84. The summed E-state index contributed by atoms with van der Waals surface area (Å²) in [7, 11) is 1.63. The smallest absolute Gasteiger partial charge is 0.144 e. The maximum atomic E-state index is 5.55. The molecule has 0 aliphatic heterocycles. The Labute approximate surface area is 75.7 Å². The number of ether oxygens (including phenoxy) is 1. The summed E-state index contributed by atoms with van der Waals surface area (Å²) in [6.07, 6.45) is 1.76. The van der Waals surface area contributed by atoms with Crippen LogP contribution in [0.1, 0.15) is 5.56 Å². The average Bonchev–Trinajstić information content (AvgIpc) is 2.63. The van der Waals surface area contributed by atoms with Gasteiger partial charge in [0.1, 0.15) is 11.3 Å². The van der Waals surface area contributed by atoms with Gasteiger partial charge in [-0.3, -0.25) is 5.10 Å². The van der Waals surface area contributed by atoms with E-state index in [1.807, 2.05) is 12.1 Å². The molecule has 0 saturated heterocycles. The zero-order valence-electron chi connectivity index (χ0n) is 7.37. The molecule has 0 amide bonds. The van der Waals surface area contributed by atoms with Gasteiger partial charge in [-0.25, -0.2) is 0 Å². The molecule has 3 N–H and O–H groups in total. The molecule has 4 nitrogen and oxygen atoms in total. The first-order valence-electron chi connectivity index (χ1n) is 4.05. The third kappa shape index (κ3) is 1.25. The highest BCUT2D eigenvalue weighted by Crippen LogP contribution is 2.24. The fraction of sp³-hybridized carbons (Fsp3) is 0.222. The van der Waals surface area contributed by atoms with Gasteiger partial charge in [-0.1, -0.05) is 0 Å². The lowest BCUT2D eigenvalue weighted by Gasteiger charge is -2.03. The predicted octanol–water partition coefficient (Wildman–Crippen LogP) is 1.03. The topological polar surface area (TPSA) is 63.9 Å². The number of nitrogens with two attached hydrogens (primary N) is 1. The summed E-state index contributed by atoms with van der Waals surface area (Å²) in [5, 5.41) is 7.84. The van der Waals surface area contributed by atoms with Gasteiger partial charge < -0.3 is 10.5 Å². The molecule has 0 aliphatic rings. The van der Waals surface area contributed by atoms with Crippen LogP contribution in [0, 0.1) is 0 Å². The Kier molecular flexibility index (Phi) is 1.90. The predicted molar refractivity (Wildman–Crippen MR) is 50.5 cm³/mol. The van der Waals surface area contributed by atoms with Crippen LogP contribution in [0.3, 0.4) is 0 Å². The Morgan fingerprint density at radius 1 is 1.54 bits per heavy atom. The molecule has 0 radical (unpaired) electrons. The first-order valence-corrected chi connectivity index (χ1v) is 4.05. The van der Waals surface area contributed by atoms with E-state index in [9.17, 15) is 0 Å². The lowest BCUT2D eigenvalue weighted by atomic mass is 10.1. The second kappa shape index (κ2) is 3.06. The minimum Gasteiger partial charge on any atom is -0.494 e. The molecule has 13 heavy (non-hydrogen) atoms. The van der Waals surface area contributed by atoms with E-state index < -0.39 is 0 Å². The van der Waals surface area contributed by atoms with Gasteiger partial charge in [0, 0.05) is 11.9 Å². The molecule has 68 valence electrons. The molecule has 0 spiro atoms. The van der Waals surface area contributed by atoms with Crippen LogP contribution >= 0.6 is 0 Å². The van der Waals surface area contributed by atoms with Crippen LogP contribution < -0.4 is 10.5 Å². The second-order valence-electron chi connectivity index (χ2n) is 2.84. The molecule has 0 unspecified atom stereocenters. The van der Waals surface area contributed by atoms with Crippen molar-refractivity contribution in [2.75, 3.05) is 7.11 Å². The number of nitrogens with zero attached hydrogens (tertiary/aromatic N) is 1. The van der Waals surface area contributed by atoms with Crippen molar-refractivity contribution in [3.8, 4) is 5.75 Å². The molecule has 1 aromatic carbocycles. The fourth-order valence-electron chi connectivity index (χ4n) is 1.36. The summed E-state index contributed by atoms with van der Waals surface area (Å²) in [4.78, 5) is 0. The van der Waals surface area contributed by atoms with Crippen molar-refractivity contribution in [2.24, 2.45) is 5.73 Å². The molecular formula is C9H11N3O. The normalized spacial score (nSPS) is 10.6. The quantitative estimate of drug-likeness (QED) is 0.720. The Morgan fingerprint density at radius 2 is 2.38 bits per heavy atom. The summed E-state index contributed by atoms with van der Waals surface area (Å²) >= 11 is 0. The van der Waals surface area contributed by atoms with Gasteiger partial charge in [0.25, 0.3) is 0 Å². The van der Waals surface area contributed by atoms with Crippen molar-refractivity contribution < 1.29 is 4.74 Å². The Bertz CT molecular complexity index is 422. The molecule has 4 heteroatoms. The maximum absolute atomic E-state index is 5.55. The van der Waals surface area contributed by atoms with Crippen LogP contribution in [-0.2, 0) is 6.54 Å². The highest BCUT2D eigenvalue weighted by molar-refractivity contribution is 5.84. The standard InChI is InChI=1S/C9H11N3O/c1-13-8-3-6(4-10)2-7-5-11-12-9(7)8/h2-3,5H,4,10H2,1H3,(H,11,12). The van der Waals surface area contributed by atoms with Crippen LogP contribution in [0.5, 0.6) is 5.75 Å². The zero-order valence-corrected chi connectivity index (χ0v) is 7.37. The maximum Gasteiger partial charge on any atom is 0.144 e. The number of nitrogens with one attached hydrogen (secondary N) is 1. The Hall–Kier alpha value is -1.55. The number of fused-ring (bicyclic) bond motifs is 1. The van der Waals surface area contributed by atoms with Crippen molar-refractivity contribution in [1.82, 2.24) is 10.2 Å². The van der Waals surface area contributed by atoms with Crippen LogP contribution in [0.2, 0.25) is 0 Å². The van der Waals surface area contributed by atoms with Crippen molar-refractivity contribution in [3.63, 3.8) is 0 Å². The van der Waals surface area contributed by atoms with E-state index in [1.54, 1.807) is 13.3 Å². The number of hydrogen-bond acceptors (Lipinski definition) is 3. The van der Waals surface area contributed by atoms with Gasteiger partial charge in [0.2, 0.25) is 0 Å². The number of hydrogen-bond donors (Lipinski definition) is 2. The van der Waals surface area contributed by atoms with Gasteiger partial charge in [-0.05, 0) is 17.7 Å². The van der Waals surface area contributed by atoms with Gasteiger partial charge in [-0.2, -0.15) is 5.10 Å². The van der Waals surface area contributed by atoms with Crippen molar-refractivity contribution in [2.45, 2.75) is 6.54 Å². The molecule has 1 aromatic heterocycles. The lowest BCUT2D eigenvalue weighted by molar-refractivity contribution is 0.418. The first-order chi connectivity index (χ1) is 6.35. The third-order valence-corrected chi connectivity index (χ3v) is 2.03. The van der Waals surface area contributed by atoms with E-state index in [-0.39, 0.29) is 0 Å². The van der Waals surface area contributed by atoms with Crippen LogP contribution in [0.4, 0.5) is 0 Å². The minimum absolute atomic E-state index is 0.511. The number of methoxy groups -OCH3 is 1. The zero-order chi connectivity index (χ0) is 9.26. The summed E-state index contributed by atoms with van der Waals surface area (Å²) in [6.45, 7) is 0.511. The Balaban J connectivity index is 2.70. The number of rotatable bonds is 2. The number of aromatic nitrogens is 2. The highest BCUT2D eigenvalue weighted by Gasteiger charge is 2.04. The monoisotopic (exact) mass is 177 g/mol. The van der Waals surface area contributed by atoms with E-state index in [1.165, 1.54) is 0 Å². The summed E-state index contributed by atoms with van der Waals surface area (Å²) < 4.78 is 5.20. The highest BCUT2D eigenvalue weighted by atomic mass is 16.5. The molecule has 0 fully saturated rings. The van der Waals surface area contributed by atoms with Gasteiger partial charge in [0.05, 0.1) is 13.3 Å². The largest absolute Gasteiger partial charge is 0.494 e. The Morgan fingerprint density at radius 3 is 3.08 bits per heavy atom. The molecular weight excluding hydrogens is 166 g/mol. The fourth-order valence-corrected chi connectivity index (χ4v) is 1.36. The van der Waals surface area contributed by atoms with E-state index in [4.69, 9.17) is 10.5 Å². The van der Waals surface area contributed by atoms with Crippen molar-refractivity contribution >= 4 is 10.9 Å². The van der Waals surface area contributed by atoms with Crippen LogP contribution in [0.25, 0.3) is 10.9 Å². The van der Waals surface area contributed by atoms with Gasteiger partial charge in [-0.15, -0.1) is 0 Å².